The quantitative estimate of drug-likeness (QED) is 0.220. The highest BCUT2D eigenvalue weighted by atomic mass is 19.4. The van der Waals surface area contributed by atoms with E-state index in [1.54, 1.807) is 6.20 Å². The number of carbonyl (C=O) groups is 1. The number of halogens is 3. The Morgan fingerprint density at radius 2 is 1.85 bits per heavy atom. The van der Waals surface area contributed by atoms with Gasteiger partial charge in [-0.1, -0.05) is 12.6 Å². The Morgan fingerprint density at radius 3 is 2.53 bits per heavy atom. The summed E-state index contributed by atoms with van der Waals surface area (Å²) in [6.07, 6.45) is 2.96. The fourth-order valence-electron chi connectivity index (χ4n) is 8.97. The third kappa shape index (κ3) is 6.02. The maximum absolute atomic E-state index is 14.1. The molecule has 53 heavy (non-hydrogen) atoms. The lowest BCUT2D eigenvalue weighted by Crippen LogP contribution is -2.61. The monoisotopic (exact) mass is 725 g/mol. The first kappa shape index (κ1) is 33.9. The third-order valence-corrected chi connectivity index (χ3v) is 12.2. The van der Waals surface area contributed by atoms with E-state index in [0.717, 1.165) is 72.8 Å². The maximum atomic E-state index is 14.1. The lowest BCUT2D eigenvalue weighted by molar-refractivity contribution is -0.153. The zero-order chi connectivity index (χ0) is 36.6. The SMILES string of the molecule is C=CC(=O)N1CC2(CCN(c3nc(N4CC(N5CC[C@@H](C#N)C5)C4)nc4c(OCC(F)(F)F)c(-c5c(C)ccc6[nH]ncc56)c(C5CC5)cc34)CC2)C1. The number of aromatic nitrogens is 4. The highest BCUT2D eigenvalue weighted by Gasteiger charge is 2.47. The second-order valence-corrected chi connectivity index (χ2v) is 15.7. The van der Waals surface area contributed by atoms with E-state index in [4.69, 9.17) is 14.7 Å². The minimum atomic E-state index is -4.57. The molecule has 4 aromatic rings. The van der Waals surface area contributed by atoms with Crippen LogP contribution in [0.1, 0.15) is 49.1 Å². The van der Waals surface area contributed by atoms with E-state index in [2.05, 4.69) is 43.6 Å². The van der Waals surface area contributed by atoms with Crippen molar-refractivity contribution in [2.75, 3.05) is 68.8 Å². The molecular weight excluding hydrogens is 683 g/mol. The smallest absolute Gasteiger partial charge is 0.422 e. The summed E-state index contributed by atoms with van der Waals surface area (Å²) in [5, 5.41) is 18.3. The Morgan fingerprint density at radius 1 is 1.08 bits per heavy atom. The van der Waals surface area contributed by atoms with E-state index in [1.807, 2.05) is 24.0 Å². The number of ether oxygens (including phenoxy) is 1. The highest BCUT2D eigenvalue weighted by molar-refractivity contribution is 6.06. The van der Waals surface area contributed by atoms with Gasteiger partial charge >= 0.3 is 6.18 Å². The van der Waals surface area contributed by atoms with E-state index in [0.29, 0.717) is 67.5 Å². The number of benzene rings is 2. The Hall–Kier alpha value is -4.90. The van der Waals surface area contributed by atoms with Crippen molar-refractivity contribution in [1.29, 1.82) is 5.26 Å². The summed E-state index contributed by atoms with van der Waals surface area (Å²) in [6, 6.07) is 8.66. The van der Waals surface area contributed by atoms with Crippen molar-refractivity contribution in [3.8, 4) is 22.9 Å². The molecule has 0 bridgehead atoms. The van der Waals surface area contributed by atoms with Crippen LogP contribution in [0.25, 0.3) is 32.9 Å². The van der Waals surface area contributed by atoms with Crippen LogP contribution in [0.15, 0.2) is 37.1 Å². The van der Waals surface area contributed by atoms with Gasteiger partial charge in [-0.2, -0.15) is 28.5 Å². The largest absolute Gasteiger partial charge is 0.481 e. The van der Waals surface area contributed by atoms with Crippen LogP contribution in [0, 0.1) is 29.6 Å². The molecule has 4 aliphatic heterocycles. The Labute approximate surface area is 305 Å². The van der Waals surface area contributed by atoms with Crippen molar-refractivity contribution in [2.24, 2.45) is 11.3 Å². The van der Waals surface area contributed by atoms with Crippen LogP contribution >= 0.6 is 0 Å². The molecule has 1 spiro atoms. The highest BCUT2D eigenvalue weighted by Crippen LogP contribution is 2.53. The number of anilines is 2. The number of likely N-dealkylation sites (tertiary alicyclic amines) is 2. The van der Waals surface area contributed by atoms with Crippen LogP contribution in [0.4, 0.5) is 24.9 Å². The number of fused-ring (bicyclic) bond motifs is 2. The molecule has 1 aliphatic carbocycles. The first-order valence-electron chi connectivity index (χ1n) is 18.6. The van der Waals surface area contributed by atoms with Gasteiger partial charge in [0.05, 0.1) is 23.7 Å². The first-order chi connectivity index (χ1) is 25.5. The van der Waals surface area contributed by atoms with E-state index >= 15 is 0 Å². The van der Waals surface area contributed by atoms with E-state index < -0.39 is 12.8 Å². The fraction of sp³-hybridized carbons (Fsp3) is 0.513. The second-order valence-electron chi connectivity index (χ2n) is 15.7. The van der Waals surface area contributed by atoms with Gasteiger partial charge in [0.15, 0.2) is 12.4 Å². The topological polar surface area (TPSA) is 118 Å². The summed E-state index contributed by atoms with van der Waals surface area (Å²) in [5.41, 5.74) is 4.49. The average Bonchev–Trinajstić information content (AvgIpc) is 3.65. The van der Waals surface area contributed by atoms with Gasteiger partial charge in [0, 0.05) is 73.6 Å². The number of aromatic amines is 1. The number of nitrogens with zero attached hydrogens (tertiary/aromatic N) is 8. The lowest BCUT2D eigenvalue weighted by atomic mass is 9.72. The summed E-state index contributed by atoms with van der Waals surface area (Å²) < 4.78 is 48.2. The van der Waals surface area contributed by atoms with Gasteiger partial charge in [0.2, 0.25) is 11.9 Å². The molecule has 9 rings (SSSR count). The number of hydrogen-bond acceptors (Lipinski definition) is 9. The number of amides is 1. The van der Waals surface area contributed by atoms with Crippen LogP contribution in [-0.4, -0.2) is 107 Å². The summed E-state index contributed by atoms with van der Waals surface area (Å²) >= 11 is 0. The summed E-state index contributed by atoms with van der Waals surface area (Å²) in [6.45, 7) is 9.88. The first-order valence-corrected chi connectivity index (χ1v) is 18.6. The second kappa shape index (κ2) is 12.6. The van der Waals surface area contributed by atoms with Crippen molar-refractivity contribution >= 4 is 39.5 Å². The zero-order valence-corrected chi connectivity index (χ0v) is 29.8. The minimum absolute atomic E-state index is 0.0307. The van der Waals surface area contributed by atoms with Gasteiger partial charge in [0.25, 0.3) is 0 Å². The minimum Gasteiger partial charge on any atom is -0.481 e. The Kier molecular flexibility index (Phi) is 8.07. The van der Waals surface area contributed by atoms with Crippen molar-refractivity contribution in [3.63, 3.8) is 0 Å². The maximum Gasteiger partial charge on any atom is 0.422 e. The summed E-state index contributed by atoms with van der Waals surface area (Å²) in [4.78, 5) is 31.1. The average molecular weight is 726 g/mol. The van der Waals surface area contributed by atoms with E-state index in [1.165, 1.54) is 6.08 Å². The van der Waals surface area contributed by atoms with Gasteiger partial charge in [-0.25, -0.2) is 4.98 Å². The number of aryl methyl sites for hydroxylation is 1. The van der Waals surface area contributed by atoms with Crippen molar-refractivity contribution in [1.82, 2.24) is 30.0 Å². The molecule has 276 valence electrons. The molecular formula is C39H42F3N9O2. The molecule has 2 aromatic carbocycles. The molecule has 1 N–H and O–H groups in total. The molecule has 6 heterocycles. The third-order valence-electron chi connectivity index (χ3n) is 12.2. The molecule has 5 fully saturated rings. The van der Waals surface area contributed by atoms with Crippen LogP contribution in [0.3, 0.4) is 0 Å². The van der Waals surface area contributed by atoms with Gasteiger partial charge < -0.3 is 19.4 Å². The van der Waals surface area contributed by atoms with Crippen LogP contribution in [0.2, 0.25) is 0 Å². The van der Waals surface area contributed by atoms with Crippen molar-refractivity contribution < 1.29 is 22.7 Å². The number of carbonyl (C=O) groups excluding carboxylic acids is 1. The number of rotatable bonds is 8. The molecule has 14 heteroatoms. The predicted molar refractivity (Wildman–Crippen MR) is 195 cm³/mol. The van der Waals surface area contributed by atoms with Crippen molar-refractivity contribution in [2.45, 2.75) is 57.2 Å². The predicted octanol–water partition coefficient (Wildman–Crippen LogP) is 5.95. The van der Waals surface area contributed by atoms with Crippen LogP contribution < -0.4 is 14.5 Å². The molecule has 1 atom stereocenters. The molecule has 4 saturated heterocycles. The number of alkyl halides is 3. The molecule has 0 unspecified atom stereocenters. The number of piperidine rings is 1. The molecule has 1 amide bonds. The zero-order valence-electron chi connectivity index (χ0n) is 29.8. The summed E-state index contributed by atoms with van der Waals surface area (Å²) in [5.74, 6) is 1.44. The van der Waals surface area contributed by atoms with E-state index in [9.17, 15) is 23.2 Å². The van der Waals surface area contributed by atoms with E-state index in [-0.39, 0.29) is 34.9 Å². The molecule has 5 aliphatic rings. The number of hydrogen-bond donors (Lipinski definition) is 1. The normalized spacial score (nSPS) is 21.9. The Bertz CT molecular complexity index is 2150. The standard InChI is InChI=1S/C39H42F3N9O2/c1-3-31(52)51-20-38(21-51)9-12-48(13-10-38)36-28-14-27(25-5-6-25)33(32-23(2)4-7-30-29(32)16-44-47-30)35(53-22-39(40,41)42)34(28)45-37(46-36)50-18-26(19-50)49-11-8-24(15-43)17-49/h3-4,7,14,16,24-26H,1,5-6,8-13,17-22H2,2H3,(H,44,47)/t24-/m0/s1. The number of nitriles is 1. The van der Waals surface area contributed by atoms with Crippen molar-refractivity contribution in [3.05, 3.63) is 48.2 Å². The lowest BCUT2D eigenvalue weighted by Gasteiger charge is -2.54. The fourth-order valence-corrected chi connectivity index (χ4v) is 8.97. The van der Waals surface area contributed by atoms with Crippen LogP contribution in [-0.2, 0) is 4.79 Å². The van der Waals surface area contributed by atoms with Gasteiger partial charge in [0.1, 0.15) is 11.3 Å². The van der Waals surface area contributed by atoms with Gasteiger partial charge in [-0.05, 0) is 86.4 Å². The number of H-pyrrole nitrogens is 1. The van der Waals surface area contributed by atoms with Gasteiger partial charge in [-0.3, -0.25) is 14.8 Å². The molecule has 2 aromatic heterocycles. The van der Waals surface area contributed by atoms with Gasteiger partial charge in [-0.15, -0.1) is 0 Å². The molecule has 0 radical (unpaired) electrons. The summed E-state index contributed by atoms with van der Waals surface area (Å²) in [7, 11) is 0. The number of nitrogens with one attached hydrogen (secondary N) is 1. The molecule has 1 saturated carbocycles. The Balaban J connectivity index is 1.17. The van der Waals surface area contributed by atoms with Crippen LogP contribution in [0.5, 0.6) is 5.75 Å². The molecule has 11 nitrogen and oxygen atoms in total.